The molecule has 0 aliphatic carbocycles. The normalized spacial score (nSPS) is 10.3. The second-order valence-electron chi connectivity index (χ2n) is 5.85. The zero-order valence-corrected chi connectivity index (χ0v) is 15.8. The van der Waals surface area contributed by atoms with Crippen molar-refractivity contribution in [2.75, 3.05) is 0 Å². The van der Waals surface area contributed by atoms with Crippen LogP contribution in [0.5, 0.6) is 0 Å². The largest absolute Gasteiger partial charge is 0.329 e. The summed E-state index contributed by atoms with van der Waals surface area (Å²) in [4.78, 5) is 8.89. The van der Waals surface area contributed by atoms with Gasteiger partial charge in [0.15, 0.2) is 0 Å². The summed E-state index contributed by atoms with van der Waals surface area (Å²) in [5.74, 6) is 1.62. The number of nitrogens with zero attached hydrogens (tertiary/aromatic N) is 4. The Kier molecular flexibility index (Phi) is 7.52. The van der Waals surface area contributed by atoms with Gasteiger partial charge in [0.1, 0.15) is 5.82 Å². The highest BCUT2D eigenvalue weighted by Gasteiger charge is 2.06. The van der Waals surface area contributed by atoms with Crippen molar-refractivity contribution in [2.45, 2.75) is 39.7 Å². The van der Waals surface area contributed by atoms with Gasteiger partial charge >= 0.3 is 0 Å². The Morgan fingerprint density at radius 3 is 2.62 bits per heavy atom. The molecule has 0 radical (unpaired) electrons. The van der Waals surface area contributed by atoms with Crippen LogP contribution in [0.4, 0.5) is 0 Å². The van der Waals surface area contributed by atoms with E-state index in [1.165, 1.54) is 5.56 Å². The van der Waals surface area contributed by atoms with E-state index in [2.05, 4.69) is 70.3 Å². The van der Waals surface area contributed by atoms with E-state index < -0.39 is 0 Å². The summed E-state index contributed by atoms with van der Waals surface area (Å²) < 4.78 is 4.24. The van der Waals surface area contributed by atoms with Gasteiger partial charge in [-0.1, -0.05) is 32.9 Å². The molecule has 0 aliphatic heterocycles. The van der Waals surface area contributed by atoms with Crippen molar-refractivity contribution in [3.8, 4) is 5.69 Å². The molecule has 1 aromatic carbocycles. The van der Waals surface area contributed by atoms with Gasteiger partial charge in [-0.05, 0) is 23.6 Å². The van der Waals surface area contributed by atoms with Crippen LogP contribution < -0.4 is 0 Å². The van der Waals surface area contributed by atoms with Gasteiger partial charge in [0, 0.05) is 30.7 Å². The Bertz CT molecular complexity index is 762. The topological polar surface area (TPSA) is 35.6 Å². The number of aryl methyl sites for hydroxylation is 1. The molecule has 0 fully saturated rings. The van der Waals surface area contributed by atoms with Crippen LogP contribution in [-0.4, -0.2) is 19.1 Å². The summed E-state index contributed by atoms with van der Waals surface area (Å²) in [6.07, 6.45) is 8.78. The Labute approximate surface area is 155 Å². The zero-order chi connectivity index (χ0) is 15.5. The number of rotatable bonds is 5. The molecular formula is C18H24Cl2N4. The molecule has 0 saturated carbocycles. The fraction of sp³-hybridized carbons (Fsp3) is 0.333. The lowest BCUT2D eigenvalue weighted by Crippen LogP contribution is -2.03. The minimum Gasteiger partial charge on any atom is -0.329 e. The standard InChI is InChI=1S/C18H22N4.2ClH/c1-4-18-19-8-9-21(18)11-16-12-22(13-20-16)17-7-5-6-15(10-17)14(2)3;;/h5-10,12-14H,4,11H2,1-3H3;2*1H. The van der Waals surface area contributed by atoms with Crippen molar-refractivity contribution in [1.29, 1.82) is 0 Å². The van der Waals surface area contributed by atoms with Crippen molar-refractivity contribution >= 4 is 24.8 Å². The number of benzene rings is 1. The fourth-order valence-electron chi connectivity index (χ4n) is 2.60. The Morgan fingerprint density at radius 1 is 1.12 bits per heavy atom. The number of hydrogen-bond donors (Lipinski definition) is 0. The molecular weight excluding hydrogens is 343 g/mol. The molecule has 4 nitrogen and oxygen atoms in total. The zero-order valence-electron chi connectivity index (χ0n) is 14.2. The van der Waals surface area contributed by atoms with Gasteiger partial charge in [-0.3, -0.25) is 0 Å². The lowest BCUT2D eigenvalue weighted by molar-refractivity contribution is 0.719. The Morgan fingerprint density at radius 2 is 1.92 bits per heavy atom. The first-order chi connectivity index (χ1) is 10.7. The van der Waals surface area contributed by atoms with Crippen molar-refractivity contribution < 1.29 is 0 Å². The summed E-state index contributed by atoms with van der Waals surface area (Å²) >= 11 is 0. The predicted octanol–water partition coefficient (Wildman–Crippen LogP) is 4.65. The first kappa shape index (κ1) is 20.3. The summed E-state index contributed by atoms with van der Waals surface area (Å²) in [6.45, 7) is 7.31. The highest BCUT2D eigenvalue weighted by atomic mass is 35.5. The summed E-state index contributed by atoms with van der Waals surface area (Å²) in [7, 11) is 0. The molecule has 0 unspecified atom stereocenters. The highest BCUT2D eigenvalue weighted by molar-refractivity contribution is 5.85. The van der Waals surface area contributed by atoms with Crippen LogP contribution in [0.3, 0.4) is 0 Å². The van der Waals surface area contributed by atoms with Gasteiger partial charge in [-0.15, -0.1) is 24.8 Å². The molecule has 0 spiro atoms. The van der Waals surface area contributed by atoms with Crippen LogP contribution in [0.1, 0.15) is 43.8 Å². The maximum Gasteiger partial charge on any atom is 0.108 e. The molecule has 0 amide bonds. The molecule has 2 heterocycles. The lowest BCUT2D eigenvalue weighted by Gasteiger charge is -2.08. The van der Waals surface area contributed by atoms with E-state index in [0.29, 0.717) is 5.92 Å². The van der Waals surface area contributed by atoms with E-state index in [9.17, 15) is 0 Å². The molecule has 3 rings (SSSR count). The first-order valence-electron chi connectivity index (χ1n) is 7.80. The molecule has 0 saturated heterocycles. The predicted molar refractivity (Wildman–Crippen MR) is 103 cm³/mol. The molecule has 3 aromatic rings. The van der Waals surface area contributed by atoms with Crippen LogP contribution in [0.2, 0.25) is 0 Å². The molecule has 0 aliphatic rings. The number of aromatic nitrogens is 4. The van der Waals surface area contributed by atoms with Gasteiger partial charge in [0.05, 0.1) is 18.6 Å². The second-order valence-corrected chi connectivity index (χ2v) is 5.85. The smallest absolute Gasteiger partial charge is 0.108 e. The average Bonchev–Trinajstić information content (AvgIpc) is 3.17. The van der Waals surface area contributed by atoms with Crippen molar-refractivity contribution in [3.63, 3.8) is 0 Å². The number of halogens is 2. The Hall–Kier alpha value is -1.78. The van der Waals surface area contributed by atoms with Crippen LogP contribution in [-0.2, 0) is 13.0 Å². The van der Waals surface area contributed by atoms with E-state index in [0.717, 1.165) is 30.2 Å². The fourth-order valence-corrected chi connectivity index (χ4v) is 2.60. The van der Waals surface area contributed by atoms with E-state index in [1.807, 2.05) is 18.7 Å². The van der Waals surface area contributed by atoms with E-state index >= 15 is 0 Å². The van der Waals surface area contributed by atoms with Crippen LogP contribution in [0.15, 0.2) is 49.2 Å². The third-order valence-electron chi connectivity index (χ3n) is 3.92. The minimum atomic E-state index is 0. The van der Waals surface area contributed by atoms with Gasteiger partial charge in [0.2, 0.25) is 0 Å². The number of hydrogen-bond acceptors (Lipinski definition) is 2. The Balaban J connectivity index is 0.00000144. The quantitative estimate of drug-likeness (QED) is 0.658. The summed E-state index contributed by atoms with van der Waals surface area (Å²) in [5.41, 5.74) is 3.55. The van der Waals surface area contributed by atoms with Gasteiger partial charge in [-0.2, -0.15) is 0 Å². The minimum absolute atomic E-state index is 0. The maximum absolute atomic E-state index is 4.53. The number of imidazole rings is 2. The van der Waals surface area contributed by atoms with E-state index in [-0.39, 0.29) is 24.8 Å². The van der Waals surface area contributed by atoms with Crippen molar-refractivity contribution in [1.82, 2.24) is 19.1 Å². The summed E-state index contributed by atoms with van der Waals surface area (Å²) in [6, 6.07) is 8.62. The molecule has 0 N–H and O–H groups in total. The van der Waals surface area contributed by atoms with Gasteiger partial charge in [0.25, 0.3) is 0 Å². The molecule has 2 aromatic heterocycles. The van der Waals surface area contributed by atoms with Gasteiger partial charge in [-0.25, -0.2) is 9.97 Å². The molecule has 6 heteroatoms. The molecule has 0 bridgehead atoms. The van der Waals surface area contributed by atoms with E-state index in [4.69, 9.17) is 0 Å². The first-order valence-corrected chi connectivity index (χ1v) is 7.80. The monoisotopic (exact) mass is 366 g/mol. The van der Waals surface area contributed by atoms with Crippen molar-refractivity contribution in [3.05, 3.63) is 66.3 Å². The molecule has 130 valence electrons. The van der Waals surface area contributed by atoms with Gasteiger partial charge < -0.3 is 9.13 Å². The highest BCUT2D eigenvalue weighted by Crippen LogP contribution is 2.18. The average molecular weight is 367 g/mol. The maximum atomic E-state index is 4.53. The molecule has 24 heavy (non-hydrogen) atoms. The lowest BCUT2D eigenvalue weighted by atomic mass is 10.0. The summed E-state index contributed by atoms with van der Waals surface area (Å²) in [5, 5.41) is 0. The van der Waals surface area contributed by atoms with Crippen LogP contribution in [0.25, 0.3) is 5.69 Å². The third-order valence-corrected chi connectivity index (χ3v) is 3.92. The van der Waals surface area contributed by atoms with E-state index in [1.54, 1.807) is 0 Å². The van der Waals surface area contributed by atoms with Crippen LogP contribution in [0, 0.1) is 0 Å². The molecule has 0 atom stereocenters. The second kappa shape index (κ2) is 8.90. The van der Waals surface area contributed by atoms with Crippen molar-refractivity contribution in [2.24, 2.45) is 0 Å². The SMILES string of the molecule is CCc1nccn1Cc1cn(-c2cccc(C(C)C)c2)cn1.Cl.Cl. The van der Waals surface area contributed by atoms with Crippen LogP contribution >= 0.6 is 24.8 Å². The third kappa shape index (κ3) is 4.40.